The number of benzene rings is 1. The average molecular weight is 380 g/mol. The van der Waals surface area contributed by atoms with E-state index in [2.05, 4.69) is 46.6 Å². The fourth-order valence-corrected chi connectivity index (χ4v) is 3.25. The minimum absolute atomic E-state index is 0.229. The van der Waals surface area contributed by atoms with Crippen LogP contribution in [-0.2, 0) is 7.05 Å². The second-order valence-corrected chi connectivity index (χ2v) is 7.47. The summed E-state index contributed by atoms with van der Waals surface area (Å²) in [4.78, 5) is 12.5. The Morgan fingerprint density at radius 1 is 1.21 bits per heavy atom. The predicted octanol–water partition coefficient (Wildman–Crippen LogP) is 2.98. The molecular weight excluding hydrogens is 352 g/mol. The number of nitrogens with one attached hydrogen (secondary N) is 2. The molecule has 148 valence electrons. The van der Waals surface area contributed by atoms with E-state index in [9.17, 15) is 4.79 Å². The molecule has 28 heavy (non-hydrogen) atoms. The molecule has 0 aliphatic heterocycles. The summed E-state index contributed by atoms with van der Waals surface area (Å²) in [6.45, 7) is 8.57. The number of rotatable bonds is 6. The molecule has 7 nitrogen and oxygen atoms in total. The monoisotopic (exact) mass is 380 g/mol. The van der Waals surface area contributed by atoms with Crippen molar-refractivity contribution < 1.29 is 4.79 Å². The molecule has 4 N–H and O–H groups in total. The van der Waals surface area contributed by atoms with Crippen LogP contribution in [0.2, 0.25) is 0 Å². The summed E-state index contributed by atoms with van der Waals surface area (Å²) in [6, 6.07) is 9.69. The number of H-pyrrole nitrogens is 1. The molecule has 0 fully saturated rings. The van der Waals surface area contributed by atoms with Crippen molar-refractivity contribution in [1.29, 1.82) is 0 Å². The van der Waals surface area contributed by atoms with Crippen molar-refractivity contribution in [2.45, 2.75) is 39.7 Å². The van der Waals surface area contributed by atoms with Gasteiger partial charge >= 0.3 is 0 Å². The van der Waals surface area contributed by atoms with Crippen LogP contribution in [0.3, 0.4) is 0 Å². The van der Waals surface area contributed by atoms with E-state index in [1.165, 1.54) is 5.56 Å². The predicted molar refractivity (Wildman–Crippen MR) is 110 cm³/mol. The van der Waals surface area contributed by atoms with Crippen molar-refractivity contribution in [2.24, 2.45) is 12.8 Å². The first kappa shape index (κ1) is 19.8. The first-order valence-electron chi connectivity index (χ1n) is 9.47. The van der Waals surface area contributed by atoms with Crippen molar-refractivity contribution >= 4 is 5.91 Å². The van der Waals surface area contributed by atoms with Gasteiger partial charge in [-0.3, -0.25) is 14.6 Å². The molecule has 1 unspecified atom stereocenters. The topological polar surface area (TPSA) is 102 Å². The zero-order valence-corrected chi connectivity index (χ0v) is 17.1. The minimum atomic E-state index is -0.268. The number of aromatic nitrogens is 4. The largest absolute Gasteiger partial charge is 0.349 e. The highest BCUT2D eigenvalue weighted by molar-refractivity contribution is 5.93. The minimum Gasteiger partial charge on any atom is -0.349 e. The lowest BCUT2D eigenvalue weighted by molar-refractivity contribution is 0.0946. The van der Waals surface area contributed by atoms with E-state index in [0.29, 0.717) is 23.9 Å². The Morgan fingerprint density at radius 2 is 1.86 bits per heavy atom. The van der Waals surface area contributed by atoms with Gasteiger partial charge in [-0.15, -0.1) is 0 Å². The van der Waals surface area contributed by atoms with E-state index in [-0.39, 0.29) is 11.9 Å². The number of hydrogen-bond acceptors (Lipinski definition) is 4. The van der Waals surface area contributed by atoms with Crippen LogP contribution in [0.25, 0.3) is 11.3 Å². The average Bonchev–Trinajstić information content (AvgIpc) is 3.24. The molecule has 2 aromatic heterocycles. The van der Waals surface area contributed by atoms with Crippen molar-refractivity contribution in [1.82, 2.24) is 25.3 Å². The third-order valence-corrected chi connectivity index (χ3v) is 5.10. The van der Waals surface area contributed by atoms with E-state index in [0.717, 1.165) is 22.5 Å². The molecule has 0 saturated heterocycles. The Bertz CT molecular complexity index is 967. The molecule has 0 radical (unpaired) electrons. The number of nitrogens with zero attached hydrogens (tertiary/aromatic N) is 3. The quantitative estimate of drug-likeness (QED) is 0.612. The first-order valence-corrected chi connectivity index (χ1v) is 9.47. The van der Waals surface area contributed by atoms with Crippen molar-refractivity contribution in [3.8, 4) is 11.3 Å². The zero-order chi connectivity index (χ0) is 20.4. The molecule has 3 rings (SSSR count). The second kappa shape index (κ2) is 7.98. The molecule has 0 aliphatic rings. The van der Waals surface area contributed by atoms with Crippen LogP contribution in [0.1, 0.15) is 58.8 Å². The summed E-state index contributed by atoms with van der Waals surface area (Å²) in [5.41, 5.74) is 12.4. The lowest BCUT2D eigenvalue weighted by atomic mass is 9.99. The highest BCUT2D eigenvalue weighted by Crippen LogP contribution is 2.25. The van der Waals surface area contributed by atoms with Gasteiger partial charge in [-0.2, -0.15) is 10.2 Å². The van der Waals surface area contributed by atoms with E-state index in [4.69, 9.17) is 5.73 Å². The highest BCUT2D eigenvalue weighted by atomic mass is 16.1. The lowest BCUT2D eigenvalue weighted by Crippen LogP contribution is -2.32. The summed E-state index contributed by atoms with van der Waals surface area (Å²) >= 11 is 0. The van der Waals surface area contributed by atoms with Crippen LogP contribution in [-0.4, -0.2) is 32.4 Å². The molecule has 0 spiro atoms. The molecule has 1 atom stereocenters. The maximum absolute atomic E-state index is 12.5. The van der Waals surface area contributed by atoms with Gasteiger partial charge in [0.15, 0.2) is 0 Å². The SMILES string of the molecule is Cc1nn(C)c(C)c1-c1cc(C(=O)NCC(N)c2ccc(C(C)C)cc2)[nH]n1. The number of amides is 1. The van der Waals surface area contributed by atoms with Crippen LogP contribution < -0.4 is 11.1 Å². The summed E-state index contributed by atoms with van der Waals surface area (Å²) in [7, 11) is 1.89. The van der Waals surface area contributed by atoms with Gasteiger partial charge in [0.05, 0.1) is 11.4 Å². The summed E-state index contributed by atoms with van der Waals surface area (Å²) in [5, 5.41) is 14.4. The Balaban J connectivity index is 1.64. The summed E-state index contributed by atoms with van der Waals surface area (Å²) in [5.74, 6) is 0.249. The smallest absolute Gasteiger partial charge is 0.269 e. The van der Waals surface area contributed by atoms with Gasteiger partial charge in [0.1, 0.15) is 5.69 Å². The van der Waals surface area contributed by atoms with Crippen molar-refractivity contribution in [3.05, 3.63) is 58.5 Å². The second-order valence-electron chi connectivity index (χ2n) is 7.47. The molecule has 0 aliphatic carbocycles. The number of aryl methyl sites for hydroxylation is 2. The van der Waals surface area contributed by atoms with Gasteiger partial charge in [0, 0.05) is 30.9 Å². The fourth-order valence-electron chi connectivity index (χ4n) is 3.25. The van der Waals surface area contributed by atoms with Crippen molar-refractivity contribution in [2.75, 3.05) is 6.54 Å². The molecule has 1 aromatic carbocycles. The van der Waals surface area contributed by atoms with Gasteiger partial charge in [0.25, 0.3) is 5.91 Å². The third-order valence-electron chi connectivity index (χ3n) is 5.10. The Hall–Kier alpha value is -2.93. The van der Waals surface area contributed by atoms with E-state index < -0.39 is 0 Å². The van der Waals surface area contributed by atoms with Gasteiger partial charge in [-0.25, -0.2) is 0 Å². The number of aromatic amines is 1. The van der Waals surface area contributed by atoms with Gasteiger partial charge in [-0.05, 0) is 37.0 Å². The summed E-state index contributed by atoms with van der Waals surface area (Å²) < 4.78 is 1.81. The Kier molecular flexibility index (Phi) is 5.65. The molecule has 7 heteroatoms. The van der Waals surface area contributed by atoms with Crippen molar-refractivity contribution in [3.63, 3.8) is 0 Å². The third kappa shape index (κ3) is 3.99. The molecule has 3 aromatic rings. The molecule has 1 amide bonds. The van der Waals surface area contributed by atoms with Gasteiger partial charge in [-0.1, -0.05) is 38.1 Å². The number of carbonyl (C=O) groups is 1. The van der Waals surface area contributed by atoms with Gasteiger partial charge < -0.3 is 11.1 Å². The molecular formula is C21H28N6O. The van der Waals surface area contributed by atoms with Crippen LogP contribution in [0.4, 0.5) is 0 Å². The van der Waals surface area contributed by atoms with E-state index in [1.54, 1.807) is 6.07 Å². The van der Waals surface area contributed by atoms with Crippen LogP contribution >= 0.6 is 0 Å². The van der Waals surface area contributed by atoms with E-state index in [1.807, 2.05) is 37.7 Å². The first-order chi connectivity index (χ1) is 13.3. The normalized spacial score (nSPS) is 12.4. The van der Waals surface area contributed by atoms with Gasteiger partial charge in [0.2, 0.25) is 0 Å². The standard InChI is InChI=1S/C21H28N6O/c1-12(2)15-6-8-16(9-7-15)17(22)11-23-21(28)19-10-18(24-25-19)20-13(3)26-27(5)14(20)4/h6-10,12,17H,11,22H2,1-5H3,(H,23,28)(H,24,25). The zero-order valence-electron chi connectivity index (χ0n) is 17.1. The summed E-state index contributed by atoms with van der Waals surface area (Å²) in [6.07, 6.45) is 0. The van der Waals surface area contributed by atoms with E-state index >= 15 is 0 Å². The number of carbonyl (C=O) groups excluding carboxylic acids is 1. The molecule has 2 heterocycles. The highest BCUT2D eigenvalue weighted by Gasteiger charge is 2.17. The fraction of sp³-hybridized carbons (Fsp3) is 0.381. The molecule has 0 bridgehead atoms. The maximum atomic E-state index is 12.5. The Morgan fingerprint density at radius 3 is 2.43 bits per heavy atom. The maximum Gasteiger partial charge on any atom is 0.269 e. The number of hydrogen-bond donors (Lipinski definition) is 3. The van der Waals surface area contributed by atoms with Crippen LogP contribution in [0, 0.1) is 13.8 Å². The lowest BCUT2D eigenvalue weighted by Gasteiger charge is -2.14. The number of nitrogens with two attached hydrogens (primary N) is 1. The Labute approximate surface area is 165 Å². The van der Waals surface area contributed by atoms with Crippen LogP contribution in [0.15, 0.2) is 30.3 Å². The van der Waals surface area contributed by atoms with Crippen LogP contribution in [0.5, 0.6) is 0 Å². The molecule has 0 saturated carbocycles.